The van der Waals surface area contributed by atoms with Crippen molar-refractivity contribution in [2.45, 2.75) is 46.7 Å². The predicted molar refractivity (Wildman–Crippen MR) is 73.4 cm³/mol. The van der Waals surface area contributed by atoms with Crippen molar-refractivity contribution in [2.75, 3.05) is 5.88 Å². The second kappa shape index (κ2) is 8.78. The number of halogens is 6. The summed E-state index contributed by atoms with van der Waals surface area (Å²) in [4.78, 5) is 0. The molecule has 0 aromatic heterocycles. The van der Waals surface area contributed by atoms with Crippen LogP contribution in [0.1, 0.15) is 32.1 Å². The lowest BCUT2D eigenvalue weighted by Gasteiger charge is -2.15. The Morgan fingerprint density at radius 2 is 1.33 bits per heavy atom. The molecular weight excluding hydrogens is 321 g/mol. The first kappa shape index (κ1) is 16.7. The lowest BCUT2D eigenvalue weighted by Crippen LogP contribution is -2.11. The molecule has 0 radical (unpaired) electrons. The standard InChI is InChI=1S/C9H14Cl6/c10-6-8(12)4-2-1-3-7(11)5-9(13,14)15/h7-8H,1-6H2/t7-,8-/m0/s1. The lowest BCUT2D eigenvalue weighted by atomic mass is 10.1. The molecule has 0 aromatic carbocycles. The van der Waals surface area contributed by atoms with Crippen molar-refractivity contribution in [1.29, 1.82) is 0 Å². The average Bonchev–Trinajstić information content (AvgIpc) is 2.09. The molecule has 0 bridgehead atoms. The number of alkyl halides is 6. The van der Waals surface area contributed by atoms with E-state index in [9.17, 15) is 0 Å². The maximum Gasteiger partial charge on any atom is 0.192 e. The lowest BCUT2D eigenvalue weighted by molar-refractivity contribution is 0.601. The molecule has 0 amide bonds. The zero-order valence-corrected chi connectivity index (χ0v) is 12.7. The van der Waals surface area contributed by atoms with Crippen molar-refractivity contribution in [1.82, 2.24) is 0 Å². The van der Waals surface area contributed by atoms with E-state index >= 15 is 0 Å². The number of hydrogen-bond donors (Lipinski definition) is 0. The van der Waals surface area contributed by atoms with Crippen LogP contribution in [0.2, 0.25) is 0 Å². The second-order valence-electron chi connectivity index (χ2n) is 3.45. The summed E-state index contributed by atoms with van der Waals surface area (Å²) in [6.45, 7) is 0. The molecule has 92 valence electrons. The Kier molecular flexibility index (Phi) is 9.79. The normalized spacial score (nSPS) is 16.4. The molecule has 0 fully saturated rings. The Morgan fingerprint density at radius 3 is 1.73 bits per heavy atom. The van der Waals surface area contributed by atoms with Gasteiger partial charge in [-0.15, -0.1) is 34.8 Å². The Morgan fingerprint density at radius 1 is 0.867 bits per heavy atom. The van der Waals surface area contributed by atoms with E-state index in [0.717, 1.165) is 25.7 Å². The topological polar surface area (TPSA) is 0 Å². The maximum absolute atomic E-state index is 6.00. The van der Waals surface area contributed by atoms with Crippen LogP contribution >= 0.6 is 69.6 Å². The predicted octanol–water partition coefficient (Wildman–Crippen LogP) is 5.76. The molecule has 0 nitrogen and oxygen atoms in total. The number of unbranched alkanes of at least 4 members (excludes halogenated alkanes) is 1. The molecule has 0 N–H and O–H groups in total. The van der Waals surface area contributed by atoms with Gasteiger partial charge in [-0.25, -0.2) is 0 Å². The monoisotopic (exact) mass is 332 g/mol. The van der Waals surface area contributed by atoms with E-state index in [1.54, 1.807) is 0 Å². The van der Waals surface area contributed by atoms with Gasteiger partial charge < -0.3 is 0 Å². The minimum absolute atomic E-state index is 0.0496. The summed E-state index contributed by atoms with van der Waals surface area (Å²) in [6, 6.07) is 0. The molecule has 0 spiro atoms. The van der Waals surface area contributed by atoms with Gasteiger partial charge in [-0.05, 0) is 12.8 Å². The van der Waals surface area contributed by atoms with Crippen molar-refractivity contribution >= 4 is 69.6 Å². The first-order valence-corrected chi connectivity index (χ1v) is 7.30. The minimum Gasteiger partial charge on any atom is -0.125 e. The van der Waals surface area contributed by atoms with Gasteiger partial charge in [0.2, 0.25) is 0 Å². The summed E-state index contributed by atoms with van der Waals surface area (Å²) < 4.78 is -1.25. The molecule has 0 aliphatic carbocycles. The van der Waals surface area contributed by atoms with Gasteiger partial charge in [0.25, 0.3) is 0 Å². The highest BCUT2D eigenvalue weighted by Crippen LogP contribution is 2.34. The van der Waals surface area contributed by atoms with Crippen molar-refractivity contribution in [2.24, 2.45) is 0 Å². The van der Waals surface area contributed by atoms with Crippen LogP contribution in [0.3, 0.4) is 0 Å². The molecule has 2 atom stereocenters. The van der Waals surface area contributed by atoms with Crippen molar-refractivity contribution < 1.29 is 0 Å². The van der Waals surface area contributed by atoms with Gasteiger partial charge in [0.1, 0.15) is 0 Å². The summed E-state index contributed by atoms with van der Waals surface area (Å²) >= 11 is 34.3. The van der Waals surface area contributed by atoms with E-state index < -0.39 is 3.79 Å². The second-order valence-corrected chi connectivity index (χ2v) is 7.51. The minimum atomic E-state index is -1.25. The fourth-order valence-electron chi connectivity index (χ4n) is 1.16. The van der Waals surface area contributed by atoms with Crippen molar-refractivity contribution in [3.63, 3.8) is 0 Å². The largest absolute Gasteiger partial charge is 0.192 e. The summed E-state index contributed by atoms with van der Waals surface area (Å²) in [5.74, 6) is 0.486. The molecule has 0 aliphatic rings. The van der Waals surface area contributed by atoms with Gasteiger partial charge in [-0.1, -0.05) is 47.6 Å². The molecule has 6 heteroatoms. The Balaban J connectivity index is 3.43. The summed E-state index contributed by atoms with van der Waals surface area (Å²) in [6.07, 6.45) is 4.10. The molecular formula is C9H14Cl6. The highest BCUT2D eigenvalue weighted by Gasteiger charge is 2.23. The molecule has 0 rings (SSSR count). The van der Waals surface area contributed by atoms with Crippen LogP contribution in [0.25, 0.3) is 0 Å². The third-order valence-corrected chi connectivity index (χ3v) is 3.64. The third-order valence-electron chi connectivity index (χ3n) is 1.91. The van der Waals surface area contributed by atoms with Gasteiger partial charge in [0.15, 0.2) is 3.79 Å². The molecule has 15 heavy (non-hydrogen) atoms. The Bertz CT molecular complexity index is 155. The quantitative estimate of drug-likeness (QED) is 0.410. The molecule has 0 saturated carbocycles. The van der Waals surface area contributed by atoms with Gasteiger partial charge in [-0.3, -0.25) is 0 Å². The van der Waals surface area contributed by atoms with Gasteiger partial charge in [0, 0.05) is 23.1 Å². The van der Waals surface area contributed by atoms with E-state index in [0.29, 0.717) is 12.3 Å². The van der Waals surface area contributed by atoms with E-state index in [-0.39, 0.29) is 10.8 Å². The summed E-state index contributed by atoms with van der Waals surface area (Å²) in [7, 11) is 0. The smallest absolute Gasteiger partial charge is 0.125 e. The van der Waals surface area contributed by atoms with Gasteiger partial charge in [0.05, 0.1) is 0 Å². The Labute approximate surface area is 121 Å². The van der Waals surface area contributed by atoms with Crippen molar-refractivity contribution in [3.05, 3.63) is 0 Å². The maximum atomic E-state index is 6.00. The molecule has 0 aromatic rings. The average molecular weight is 335 g/mol. The fourth-order valence-corrected chi connectivity index (χ4v) is 2.65. The molecule has 0 saturated heterocycles. The zero-order valence-electron chi connectivity index (χ0n) is 8.17. The van der Waals surface area contributed by atoms with E-state index in [1.165, 1.54) is 0 Å². The van der Waals surface area contributed by atoms with Crippen molar-refractivity contribution in [3.8, 4) is 0 Å². The van der Waals surface area contributed by atoms with E-state index in [1.807, 2.05) is 0 Å². The summed E-state index contributed by atoms with van der Waals surface area (Å²) in [5, 5.41) is -0.0455. The van der Waals surface area contributed by atoms with Crippen LogP contribution < -0.4 is 0 Å². The SMILES string of the molecule is ClC[C@@H](Cl)CCCC[C@H](Cl)CC(Cl)(Cl)Cl. The van der Waals surface area contributed by atoms with Crippen LogP contribution in [-0.2, 0) is 0 Å². The molecule has 0 unspecified atom stereocenters. The summed E-state index contributed by atoms with van der Waals surface area (Å²) in [5.41, 5.74) is 0. The van der Waals surface area contributed by atoms with Gasteiger partial charge >= 0.3 is 0 Å². The van der Waals surface area contributed by atoms with Crippen LogP contribution in [-0.4, -0.2) is 20.4 Å². The Hall–Kier alpha value is 1.74. The first-order chi connectivity index (χ1) is 6.85. The third kappa shape index (κ3) is 12.0. The highest BCUT2D eigenvalue weighted by atomic mass is 35.6. The van der Waals surface area contributed by atoms with Crippen LogP contribution in [0.15, 0.2) is 0 Å². The zero-order chi connectivity index (χ0) is 11.9. The van der Waals surface area contributed by atoms with Gasteiger partial charge in [-0.2, -0.15) is 0 Å². The van der Waals surface area contributed by atoms with E-state index in [2.05, 4.69) is 0 Å². The highest BCUT2D eigenvalue weighted by molar-refractivity contribution is 6.67. The number of hydrogen-bond acceptors (Lipinski definition) is 0. The molecule has 0 aliphatic heterocycles. The number of rotatable bonds is 7. The molecule has 0 heterocycles. The van der Waals surface area contributed by atoms with Crippen LogP contribution in [0, 0.1) is 0 Å². The van der Waals surface area contributed by atoms with Crippen LogP contribution in [0.5, 0.6) is 0 Å². The fraction of sp³-hybridized carbons (Fsp3) is 1.00. The van der Waals surface area contributed by atoms with Crippen LogP contribution in [0.4, 0.5) is 0 Å². The first-order valence-electron chi connectivity index (χ1n) is 4.76. The van der Waals surface area contributed by atoms with E-state index in [4.69, 9.17) is 69.6 Å².